The third kappa shape index (κ3) is 2.13. The van der Waals surface area contributed by atoms with Gasteiger partial charge in [-0.2, -0.15) is 0 Å². The lowest BCUT2D eigenvalue weighted by Gasteiger charge is -2.27. The Kier molecular flexibility index (Phi) is 3.39. The molecule has 4 heteroatoms. The average Bonchev–Trinajstić information content (AvgIpc) is 2.91. The third-order valence-electron chi connectivity index (χ3n) is 4.70. The van der Waals surface area contributed by atoms with Crippen LogP contribution in [-0.2, 0) is 9.59 Å². The minimum atomic E-state index is -0.833. The number of rotatable bonds is 2. The number of carboxylic acids is 1. The first kappa shape index (κ1) is 13.4. The lowest BCUT2D eigenvalue weighted by molar-refractivity contribution is -0.142. The molecule has 2 rings (SSSR count). The van der Waals surface area contributed by atoms with Gasteiger partial charge in [0.1, 0.15) is 0 Å². The van der Waals surface area contributed by atoms with Gasteiger partial charge in [0, 0.05) is 12.6 Å². The van der Waals surface area contributed by atoms with Crippen molar-refractivity contribution < 1.29 is 14.7 Å². The molecule has 3 atom stereocenters. The highest BCUT2D eigenvalue weighted by atomic mass is 16.4. The normalized spacial score (nSPS) is 34.8. The van der Waals surface area contributed by atoms with Crippen molar-refractivity contribution in [3.8, 4) is 0 Å². The Bertz CT molecular complexity index is 364. The molecular formula is C14H23NO3. The van der Waals surface area contributed by atoms with Crippen LogP contribution in [0.4, 0.5) is 0 Å². The molecule has 1 saturated carbocycles. The second-order valence-corrected chi connectivity index (χ2v) is 6.34. The van der Waals surface area contributed by atoms with Gasteiger partial charge in [-0.05, 0) is 25.2 Å². The molecule has 0 radical (unpaired) electrons. The standard InChI is InChI=1S/C14H23NO3/c1-9-7-5-4-6-8-15(9)12(16)10-11(13(17)18)14(10,2)3/h9-11H,4-8H2,1-3H3,(H,17,18). The van der Waals surface area contributed by atoms with Gasteiger partial charge < -0.3 is 10.0 Å². The van der Waals surface area contributed by atoms with Gasteiger partial charge in [-0.1, -0.05) is 26.7 Å². The summed E-state index contributed by atoms with van der Waals surface area (Å²) in [6.45, 7) is 6.64. The second kappa shape index (κ2) is 4.56. The van der Waals surface area contributed by atoms with Crippen LogP contribution in [0.15, 0.2) is 0 Å². The van der Waals surface area contributed by atoms with E-state index in [-0.39, 0.29) is 23.3 Å². The van der Waals surface area contributed by atoms with Crippen LogP contribution in [0.25, 0.3) is 0 Å². The Morgan fingerprint density at radius 1 is 1.17 bits per heavy atom. The van der Waals surface area contributed by atoms with Crippen LogP contribution in [0.3, 0.4) is 0 Å². The third-order valence-corrected chi connectivity index (χ3v) is 4.70. The monoisotopic (exact) mass is 253 g/mol. The molecule has 1 aliphatic heterocycles. The summed E-state index contributed by atoms with van der Waals surface area (Å²) in [5, 5.41) is 9.16. The SMILES string of the molecule is CC1CCCCCN1C(=O)C1C(C(=O)O)C1(C)C. The fraction of sp³-hybridized carbons (Fsp3) is 0.857. The number of carbonyl (C=O) groups is 2. The maximum atomic E-state index is 12.5. The van der Waals surface area contributed by atoms with Crippen LogP contribution in [0.5, 0.6) is 0 Å². The smallest absolute Gasteiger partial charge is 0.307 e. The van der Waals surface area contributed by atoms with Crippen molar-refractivity contribution in [3.05, 3.63) is 0 Å². The molecule has 0 aromatic rings. The molecule has 1 N–H and O–H groups in total. The van der Waals surface area contributed by atoms with E-state index in [2.05, 4.69) is 6.92 Å². The van der Waals surface area contributed by atoms with Crippen LogP contribution < -0.4 is 0 Å². The first-order valence-electron chi connectivity index (χ1n) is 6.90. The molecular weight excluding hydrogens is 230 g/mol. The molecule has 1 saturated heterocycles. The predicted octanol–water partition coefficient (Wildman–Crippen LogP) is 2.13. The number of carboxylic acid groups (broad SMARTS) is 1. The van der Waals surface area contributed by atoms with Gasteiger partial charge in [0.05, 0.1) is 11.8 Å². The zero-order valence-corrected chi connectivity index (χ0v) is 11.5. The number of likely N-dealkylation sites (tertiary alicyclic amines) is 1. The van der Waals surface area contributed by atoms with E-state index < -0.39 is 11.9 Å². The Hall–Kier alpha value is -1.06. The molecule has 2 aliphatic rings. The van der Waals surface area contributed by atoms with E-state index in [1.807, 2.05) is 18.7 Å². The highest BCUT2D eigenvalue weighted by Gasteiger charge is 2.66. The number of nitrogens with zero attached hydrogens (tertiary/aromatic N) is 1. The molecule has 102 valence electrons. The summed E-state index contributed by atoms with van der Waals surface area (Å²) in [6.07, 6.45) is 4.42. The Labute approximate surface area is 108 Å². The Balaban J connectivity index is 2.10. The van der Waals surface area contributed by atoms with E-state index in [0.717, 1.165) is 19.4 Å². The molecule has 3 unspecified atom stereocenters. The summed E-state index contributed by atoms with van der Waals surface area (Å²) >= 11 is 0. The minimum absolute atomic E-state index is 0.0572. The van der Waals surface area contributed by atoms with Crippen molar-refractivity contribution in [1.29, 1.82) is 0 Å². The van der Waals surface area contributed by atoms with E-state index >= 15 is 0 Å². The quantitative estimate of drug-likeness (QED) is 0.820. The molecule has 0 spiro atoms. The number of aliphatic carboxylic acids is 1. The van der Waals surface area contributed by atoms with Crippen molar-refractivity contribution in [3.63, 3.8) is 0 Å². The van der Waals surface area contributed by atoms with Crippen molar-refractivity contribution in [2.75, 3.05) is 6.54 Å². The highest BCUT2D eigenvalue weighted by Crippen LogP contribution is 2.59. The maximum Gasteiger partial charge on any atom is 0.307 e. The van der Waals surface area contributed by atoms with Crippen molar-refractivity contribution >= 4 is 11.9 Å². The van der Waals surface area contributed by atoms with Gasteiger partial charge in [-0.15, -0.1) is 0 Å². The lowest BCUT2D eigenvalue weighted by Crippen LogP contribution is -2.40. The number of amides is 1. The summed E-state index contributed by atoms with van der Waals surface area (Å²) in [5.74, 6) is -1.60. The highest BCUT2D eigenvalue weighted by molar-refractivity contribution is 5.91. The van der Waals surface area contributed by atoms with E-state index in [1.54, 1.807) is 0 Å². The topological polar surface area (TPSA) is 57.6 Å². The zero-order valence-electron chi connectivity index (χ0n) is 11.5. The first-order valence-corrected chi connectivity index (χ1v) is 6.90. The average molecular weight is 253 g/mol. The van der Waals surface area contributed by atoms with Gasteiger partial charge in [-0.3, -0.25) is 9.59 Å². The molecule has 0 aromatic carbocycles. The zero-order chi connectivity index (χ0) is 13.5. The second-order valence-electron chi connectivity index (χ2n) is 6.34. The summed E-state index contributed by atoms with van der Waals surface area (Å²) in [4.78, 5) is 25.6. The molecule has 1 aliphatic carbocycles. The van der Waals surface area contributed by atoms with Crippen LogP contribution in [0.1, 0.15) is 46.5 Å². The first-order chi connectivity index (χ1) is 8.37. The molecule has 0 aromatic heterocycles. The molecule has 1 heterocycles. The van der Waals surface area contributed by atoms with Crippen molar-refractivity contribution in [1.82, 2.24) is 4.90 Å². The van der Waals surface area contributed by atoms with Crippen LogP contribution in [0, 0.1) is 17.3 Å². The molecule has 0 bridgehead atoms. The minimum Gasteiger partial charge on any atom is -0.481 e. The molecule has 2 fully saturated rings. The number of carbonyl (C=O) groups excluding carboxylic acids is 1. The predicted molar refractivity (Wildman–Crippen MR) is 68.0 cm³/mol. The fourth-order valence-corrected chi connectivity index (χ4v) is 3.34. The van der Waals surface area contributed by atoms with Crippen molar-refractivity contribution in [2.24, 2.45) is 17.3 Å². The fourth-order valence-electron chi connectivity index (χ4n) is 3.34. The van der Waals surface area contributed by atoms with Gasteiger partial charge in [0.25, 0.3) is 0 Å². The van der Waals surface area contributed by atoms with Gasteiger partial charge in [-0.25, -0.2) is 0 Å². The van der Waals surface area contributed by atoms with E-state index in [9.17, 15) is 9.59 Å². The number of hydrogen-bond donors (Lipinski definition) is 1. The molecule has 18 heavy (non-hydrogen) atoms. The molecule has 4 nitrogen and oxygen atoms in total. The van der Waals surface area contributed by atoms with Crippen LogP contribution >= 0.6 is 0 Å². The lowest BCUT2D eigenvalue weighted by atomic mass is 10.1. The van der Waals surface area contributed by atoms with E-state index in [1.165, 1.54) is 12.8 Å². The van der Waals surface area contributed by atoms with Crippen LogP contribution in [-0.4, -0.2) is 34.5 Å². The van der Waals surface area contributed by atoms with Crippen molar-refractivity contribution in [2.45, 2.75) is 52.5 Å². The summed E-state index contributed by atoms with van der Waals surface area (Å²) in [5.41, 5.74) is -0.380. The van der Waals surface area contributed by atoms with Crippen LogP contribution in [0.2, 0.25) is 0 Å². The summed E-state index contributed by atoms with van der Waals surface area (Å²) in [6, 6.07) is 0.255. The van der Waals surface area contributed by atoms with E-state index in [4.69, 9.17) is 5.11 Å². The Morgan fingerprint density at radius 2 is 1.83 bits per heavy atom. The largest absolute Gasteiger partial charge is 0.481 e. The van der Waals surface area contributed by atoms with Gasteiger partial charge >= 0.3 is 5.97 Å². The van der Waals surface area contributed by atoms with E-state index in [0.29, 0.717) is 0 Å². The summed E-state index contributed by atoms with van der Waals surface area (Å²) < 4.78 is 0. The van der Waals surface area contributed by atoms with Gasteiger partial charge in [0.15, 0.2) is 0 Å². The maximum absolute atomic E-state index is 12.5. The molecule has 1 amide bonds. The summed E-state index contributed by atoms with van der Waals surface area (Å²) in [7, 11) is 0. The number of hydrogen-bond acceptors (Lipinski definition) is 2. The van der Waals surface area contributed by atoms with Gasteiger partial charge in [0.2, 0.25) is 5.91 Å². The Morgan fingerprint density at radius 3 is 2.39 bits per heavy atom.